The first kappa shape index (κ1) is 23.7. The van der Waals surface area contributed by atoms with Crippen molar-refractivity contribution in [2.45, 2.75) is 65.5 Å². The number of hydrogen-bond acceptors (Lipinski definition) is 5. The van der Waals surface area contributed by atoms with Gasteiger partial charge in [-0.15, -0.1) is 0 Å². The lowest BCUT2D eigenvalue weighted by Crippen LogP contribution is -2.50. The van der Waals surface area contributed by atoms with Crippen LogP contribution in [0.25, 0.3) is 0 Å². The van der Waals surface area contributed by atoms with Gasteiger partial charge in [0.05, 0.1) is 5.92 Å². The molecule has 1 aromatic heterocycles. The molecule has 7 nitrogen and oxygen atoms in total. The maximum atomic E-state index is 13.0. The molecule has 0 aliphatic carbocycles. The Labute approximate surface area is 189 Å². The summed E-state index contributed by atoms with van der Waals surface area (Å²) in [5.41, 5.74) is 5.83. The third-order valence-corrected chi connectivity index (χ3v) is 5.99. The van der Waals surface area contributed by atoms with Gasteiger partial charge in [0.15, 0.2) is 0 Å². The average Bonchev–Trinajstić information content (AvgIpc) is 3.18. The highest BCUT2D eigenvalue weighted by Crippen LogP contribution is 2.32. The number of rotatable bonds is 9. The van der Waals surface area contributed by atoms with Gasteiger partial charge in [-0.1, -0.05) is 39.8 Å². The number of amides is 2. The number of carbonyl (C=O) groups excluding carboxylic acids is 2. The van der Waals surface area contributed by atoms with E-state index >= 15 is 0 Å². The molecule has 7 heteroatoms. The fourth-order valence-corrected chi connectivity index (χ4v) is 4.29. The zero-order valence-electron chi connectivity index (χ0n) is 19.3. The number of pyridine rings is 1. The minimum absolute atomic E-state index is 0.0862. The van der Waals surface area contributed by atoms with E-state index in [1.54, 1.807) is 10.4 Å². The number of ether oxygens (including phenoxy) is 1. The molecule has 2 N–H and O–H groups in total. The van der Waals surface area contributed by atoms with Gasteiger partial charge in [0.1, 0.15) is 18.4 Å². The second-order valence-electron chi connectivity index (χ2n) is 8.56. The van der Waals surface area contributed by atoms with Gasteiger partial charge in [0.2, 0.25) is 5.91 Å². The normalized spacial score (nSPS) is 17.0. The smallest absolute Gasteiger partial charge is 0.266 e. The summed E-state index contributed by atoms with van der Waals surface area (Å²) < 4.78 is 5.97. The number of carbonyl (C=O) groups is 2. The number of hydrogen-bond donors (Lipinski definition) is 2. The summed E-state index contributed by atoms with van der Waals surface area (Å²) in [6.07, 6.45) is 2.41. The van der Waals surface area contributed by atoms with Crippen LogP contribution in [0.4, 0.5) is 0 Å². The quantitative estimate of drug-likeness (QED) is 0.460. The van der Waals surface area contributed by atoms with Gasteiger partial charge in [-0.3, -0.25) is 19.8 Å². The van der Waals surface area contributed by atoms with Crippen LogP contribution in [0.1, 0.15) is 62.5 Å². The van der Waals surface area contributed by atoms with Crippen molar-refractivity contribution in [2.24, 2.45) is 5.92 Å². The molecule has 2 heterocycles. The molecule has 2 atom stereocenters. The van der Waals surface area contributed by atoms with E-state index in [4.69, 9.17) is 9.94 Å². The van der Waals surface area contributed by atoms with Crippen LogP contribution in [0.3, 0.4) is 0 Å². The molecule has 1 fully saturated rings. The number of nitrogens with zero attached hydrogens (tertiary/aromatic N) is 2. The first-order valence-electron chi connectivity index (χ1n) is 11.3. The lowest BCUT2D eigenvalue weighted by atomic mass is 9.97. The Morgan fingerprint density at radius 1 is 1.19 bits per heavy atom. The molecule has 2 unspecified atom stereocenters. The summed E-state index contributed by atoms with van der Waals surface area (Å²) in [4.78, 5) is 31.3. The van der Waals surface area contributed by atoms with Gasteiger partial charge in [-0.25, -0.2) is 5.48 Å². The molecule has 1 aliphatic rings. The predicted molar refractivity (Wildman–Crippen MR) is 121 cm³/mol. The van der Waals surface area contributed by atoms with Gasteiger partial charge < -0.3 is 9.64 Å². The topological polar surface area (TPSA) is 91.8 Å². The molecular formula is C25H33N3O4. The molecule has 0 spiro atoms. The average molecular weight is 440 g/mol. The van der Waals surface area contributed by atoms with Crippen molar-refractivity contribution in [2.75, 3.05) is 6.54 Å². The molecule has 2 aromatic rings. The van der Waals surface area contributed by atoms with Crippen molar-refractivity contribution in [3.05, 3.63) is 58.9 Å². The van der Waals surface area contributed by atoms with Crippen molar-refractivity contribution in [1.82, 2.24) is 15.4 Å². The number of nitrogens with one attached hydrogen (secondary N) is 1. The minimum Gasteiger partial charge on any atom is -0.489 e. The molecule has 1 aromatic carbocycles. The van der Waals surface area contributed by atoms with E-state index in [1.807, 2.05) is 38.1 Å². The Balaban J connectivity index is 1.66. The summed E-state index contributed by atoms with van der Waals surface area (Å²) in [5, 5.41) is 9.05. The Morgan fingerprint density at radius 2 is 1.81 bits per heavy atom. The number of benzene rings is 1. The van der Waals surface area contributed by atoms with Crippen molar-refractivity contribution >= 4 is 11.8 Å². The van der Waals surface area contributed by atoms with E-state index < -0.39 is 11.9 Å². The van der Waals surface area contributed by atoms with E-state index in [-0.39, 0.29) is 17.7 Å². The van der Waals surface area contributed by atoms with Crippen LogP contribution in [0.15, 0.2) is 36.4 Å². The fraction of sp³-hybridized carbons (Fsp3) is 0.480. The minimum atomic E-state index is -0.679. The second kappa shape index (κ2) is 10.6. The zero-order valence-corrected chi connectivity index (χ0v) is 19.3. The Bertz CT molecular complexity index is 920. The van der Waals surface area contributed by atoms with E-state index in [0.717, 1.165) is 41.1 Å². The summed E-state index contributed by atoms with van der Waals surface area (Å²) in [6.45, 7) is 8.86. The van der Waals surface area contributed by atoms with Crippen molar-refractivity contribution in [1.29, 1.82) is 0 Å². The summed E-state index contributed by atoms with van der Waals surface area (Å²) in [5.74, 6) is -0.293. The lowest BCUT2D eigenvalue weighted by Gasteiger charge is -2.29. The third-order valence-electron chi connectivity index (χ3n) is 5.99. The van der Waals surface area contributed by atoms with E-state index in [2.05, 4.69) is 31.0 Å². The number of aromatic nitrogens is 1. The molecule has 2 amide bonds. The van der Waals surface area contributed by atoms with Gasteiger partial charge in [-0.2, -0.15) is 0 Å². The Morgan fingerprint density at radius 3 is 2.34 bits per heavy atom. The van der Waals surface area contributed by atoms with Crippen molar-refractivity contribution in [3.63, 3.8) is 0 Å². The molecule has 172 valence electrons. The zero-order chi connectivity index (χ0) is 23.3. The number of likely N-dealkylation sites (tertiary alicyclic amines) is 1. The predicted octanol–water partition coefficient (Wildman–Crippen LogP) is 3.63. The molecule has 1 aliphatic heterocycles. The molecule has 32 heavy (non-hydrogen) atoms. The highest BCUT2D eigenvalue weighted by atomic mass is 16.5. The SMILES string of the molecule is CCc1cc(COc2ccc(C3CCN(C(C(=O)NO)C(C)C)C3=O)cc2)cc(CC)n1. The molecular weight excluding hydrogens is 406 g/mol. The van der Waals surface area contributed by atoms with Crippen molar-refractivity contribution < 1.29 is 19.5 Å². The molecule has 0 saturated carbocycles. The van der Waals surface area contributed by atoms with Gasteiger partial charge >= 0.3 is 0 Å². The van der Waals surface area contributed by atoms with Crippen LogP contribution in [-0.4, -0.2) is 39.5 Å². The van der Waals surface area contributed by atoms with Crippen LogP contribution < -0.4 is 10.2 Å². The van der Waals surface area contributed by atoms with Crippen LogP contribution in [-0.2, 0) is 29.0 Å². The molecule has 0 bridgehead atoms. The second-order valence-corrected chi connectivity index (χ2v) is 8.56. The number of hydroxylamine groups is 1. The summed E-state index contributed by atoms with van der Waals surface area (Å²) in [7, 11) is 0. The first-order valence-corrected chi connectivity index (χ1v) is 11.3. The monoisotopic (exact) mass is 439 g/mol. The highest BCUT2D eigenvalue weighted by molar-refractivity contribution is 5.91. The Kier molecular flexibility index (Phi) is 7.85. The van der Waals surface area contributed by atoms with Crippen LogP contribution >= 0.6 is 0 Å². The summed E-state index contributed by atoms with van der Waals surface area (Å²) >= 11 is 0. The van der Waals surface area contributed by atoms with E-state index in [0.29, 0.717) is 19.6 Å². The van der Waals surface area contributed by atoms with E-state index in [1.165, 1.54) is 0 Å². The standard InChI is InChI=1S/C25H33N3O4/c1-5-19-13-17(14-20(6-2)26-19)15-32-21-9-7-18(8-10-21)22-11-12-28(25(22)30)23(16(3)4)24(29)27-31/h7-10,13-14,16,22-23,31H,5-6,11-12,15H2,1-4H3,(H,27,29). The Hall–Kier alpha value is -2.93. The first-order chi connectivity index (χ1) is 15.4. The third kappa shape index (κ3) is 5.27. The van der Waals surface area contributed by atoms with Gasteiger partial charge in [0.25, 0.3) is 5.91 Å². The van der Waals surface area contributed by atoms with E-state index in [9.17, 15) is 9.59 Å². The number of aryl methyl sites for hydroxylation is 2. The molecule has 3 rings (SSSR count). The largest absolute Gasteiger partial charge is 0.489 e. The highest BCUT2D eigenvalue weighted by Gasteiger charge is 2.40. The van der Waals surface area contributed by atoms with Gasteiger partial charge in [0, 0.05) is 17.9 Å². The lowest BCUT2D eigenvalue weighted by molar-refractivity contribution is -0.144. The van der Waals surface area contributed by atoms with Crippen LogP contribution in [0.2, 0.25) is 0 Å². The maximum absolute atomic E-state index is 13.0. The van der Waals surface area contributed by atoms with Crippen LogP contribution in [0, 0.1) is 5.92 Å². The van der Waals surface area contributed by atoms with Gasteiger partial charge in [-0.05, 0) is 60.6 Å². The molecule has 1 saturated heterocycles. The molecule has 0 radical (unpaired) electrons. The maximum Gasteiger partial charge on any atom is 0.266 e. The summed E-state index contributed by atoms with van der Waals surface area (Å²) in [6, 6.07) is 11.1. The fourth-order valence-electron chi connectivity index (χ4n) is 4.29. The van der Waals surface area contributed by atoms with Crippen molar-refractivity contribution in [3.8, 4) is 5.75 Å². The van der Waals surface area contributed by atoms with Crippen LogP contribution in [0.5, 0.6) is 5.75 Å².